The van der Waals surface area contributed by atoms with Crippen molar-refractivity contribution in [1.82, 2.24) is 0 Å². The van der Waals surface area contributed by atoms with E-state index in [1.807, 2.05) is 27.7 Å². The maximum Gasteiger partial charge on any atom is 0.297 e. The SMILES string of the molecule is CCO[C@@H]1C[C@]2(C(C)C)O[C@@]1(COS(=O)(=O)c1ccc(C)cc1)[C@@H]1CCC(C)=C1[C@@H]2O. The number of aliphatic hydroxyl groups excluding tert-OH is 1. The zero-order valence-electron chi connectivity index (χ0n) is 19.1. The van der Waals surface area contributed by atoms with Gasteiger partial charge in [0.05, 0.1) is 17.6 Å². The van der Waals surface area contributed by atoms with Crippen molar-refractivity contribution in [3.63, 3.8) is 0 Å². The van der Waals surface area contributed by atoms with Crippen LogP contribution in [0.15, 0.2) is 40.3 Å². The molecular weight excluding hydrogens is 416 g/mol. The molecule has 31 heavy (non-hydrogen) atoms. The molecule has 0 unspecified atom stereocenters. The highest BCUT2D eigenvalue weighted by Crippen LogP contribution is 2.61. The number of benzene rings is 1. The van der Waals surface area contributed by atoms with Crippen molar-refractivity contribution >= 4 is 10.1 Å². The first kappa shape index (κ1) is 22.9. The summed E-state index contributed by atoms with van der Waals surface area (Å²) in [5.41, 5.74) is 1.40. The largest absolute Gasteiger partial charge is 0.386 e. The van der Waals surface area contributed by atoms with Crippen LogP contribution >= 0.6 is 0 Å². The third-order valence-electron chi connectivity index (χ3n) is 7.55. The fraction of sp³-hybridized carbons (Fsp3) is 0.667. The van der Waals surface area contributed by atoms with Crippen molar-refractivity contribution in [3.05, 3.63) is 41.0 Å². The highest BCUT2D eigenvalue weighted by atomic mass is 32.2. The lowest BCUT2D eigenvalue weighted by atomic mass is 9.74. The van der Waals surface area contributed by atoms with E-state index < -0.39 is 27.4 Å². The van der Waals surface area contributed by atoms with E-state index >= 15 is 0 Å². The number of aryl methyl sites for hydroxylation is 1. The van der Waals surface area contributed by atoms with Crippen molar-refractivity contribution in [2.24, 2.45) is 11.8 Å². The third kappa shape index (κ3) is 3.49. The third-order valence-corrected chi connectivity index (χ3v) is 8.83. The molecule has 3 aliphatic rings. The molecule has 2 bridgehead atoms. The van der Waals surface area contributed by atoms with Crippen LogP contribution in [0, 0.1) is 18.8 Å². The average Bonchev–Trinajstić information content (AvgIpc) is 3.25. The second kappa shape index (κ2) is 7.96. The molecule has 2 saturated heterocycles. The maximum absolute atomic E-state index is 13.0. The second-order valence-electron chi connectivity index (χ2n) is 9.57. The summed E-state index contributed by atoms with van der Waals surface area (Å²) in [5.74, 6) is -0.0930. The molecule has 0 amide bonds. The topological polar surface area (TPSA) is 82.1 Å². The lowest BCUT2D eigenvalue weighted by Crippen LogP contribution is -2.60. The lowest BCUT2D eigenvalue weighted by Gasteiger charge is -2.50. The van der Waals surface area contributed by atoms with E-state index in [9.17, 15) is 13.5 Å². The van der Waals surface area contributed by atoms with Crippen molar-refractivity contribution in [2.45, 2.75) is 82.2 Å². The number of hydrogen-bond donors (Lipinski definition) is 1. The summed E-state index contributed by atoms with van der Waals surface area (Å²) in [4.78, 5) is 0.129. The van der Waals surface area contributed by atoms with Crippen LogP contribution in [-0.4, -0.2) is 50.1 Å². The summed E-state index contributed by atoms with van der Waals surface area (Å²) < 4.78 is 44.5. The molecule has 1 aliphatic carbocycles. The minimum absolute atomic E-state index is 0.0305. The van der Waals surface area contributed by atoms with Gasteiger partial charge in [0.1, 0.15) is 17.3 Å². The molecule has 6 nitrogen and oxygen atoms in total. The van der Waals surface area contributed by atoms with Crippen molar-refractivity contribution in [1.29, 1.82) is 0 Å². The molecule has 1 N–H and O–H groups in total. The van der Waals surface area contributed by atoms with Gasteiger partial charge >= 0.3 is 0 Å². The Kier molecular flexibility index (Phi) is 5.88. The highest BCUT2D eigenvalue weighted by Gasteiger charge is 2.70. The monoisotopic (exact) mass is 450 g/mol. The zero-order chi connectivity index (χ0) is 22.6. The van der Waals surface area contributed by atoms with Crippen LogP contribution < -0.4 is 0 Å². The normalized spacial score (nSPS) is 35.1. The molecule has 1 aromatic rings. The van der Waals surface area contributed by atoms with Gasteiger partial charge in [0.15, 0.2) is 0 Å². The van der Waals surface area contributed by atoms with E-state index in [2.05, 4.69) is 6.92 Å². The Morgan fingerprint density at radius 1 is 1.23 bits per heavy atom. The maximum atomic E-state index is 13.0. The van der Waals surface area contributed by atoms with E-state index in [1.54, 1.807) is 24.3 Å². The predicted molar refractivity (Wildman–Crippen MR) is 117 cm³/mol. The molecule has 0 spiro atoms. The Bertz CT molecular complexity index is 966. The summed E-state index contributed by atoms with van der Waals surface area (Å²) in [5, 5.41) is 11.4. The summed E-state index contributed by atoms with van der Waals surface area (Å²) in [6.07, 6.45) is 1.11. The summed E-state index contributed by atoms with van der Waals surface area (Å²) in [7, 11) is -3.95. The van der Waals surface area contributed by atoms with Crippen LogP contribution in [0.5, 0.6) is 0 Å². The Hall–Kier alpha value is -1.25. The molecule has 1 aromatic carbocycles. The first-order chi connectivity index (χ1) is 14.6. The standard InChI is InChI=1S/C24H34O6S/c1-6-28-20-13-23(15(2)3)22(25)21-17(5)9-12-19(21)24(20,30-23)14-29-31(26,27)18-10-7-16(4)8-11-18/h7-8,10-11,15,19-20,22,25H,6,9,12-14H2,1-5H3/t19-,20-,22+,23-,24+/m1/s1. The molecule has 5 atom stereocenters. The molecule has 7 heteroatoms. The lowest BCUT2D eigenvalue weighted by molar-refractivity contribution is -0.231. The number of rotatable bonds is 7. The van der Waals surface area contributed by atoms with E-state index in [0.29, 0.717) is 13.0 Å². The van der Waals surface area contributed by atoms with Gasteiger partial charge in [-0.2, -0.15) is 8.42 Å². The van der Waals surface area contributed by atoms with Gasteiger partial charge in [0.25, 0.3) is 10.1 Å². The van der Waals surface area contributed by atoms with E-state index in [1.165, 1.54) is 5.57 Å². The Balaban J connectivity index is 1.73. The number of fused-ring (bicyclic) bond motifs is 4. The average molecular weight is 451 g/mol. The Morgan fingerprint density at radius 2 is 1.90 bits per heavy atom. The number of hydrogen-bond acceptors (Lipinski definition) is 6. The predicted octanol–water partition coefficient (Wildman–Crippen LogP) is 3.76. The molecule has 0 aromatic heterocycles. The first-order valence-electron chi connectivity index (χ1n) is 11.2. The minimum atomic E-state index is -3.95. The molecule has 0 saturated carbocycles. The smallest absolute Gasteiger partial charge is 0.297 e. The number of allylic oxidation sites excluding steroid dienone is 1. The van der Waals surface area contributed by atoms with Crippen LogP contribution in [0.25, 0.3) is 0 Å². The van der Waals surface area contributed by atoms with Gasteiger partial charge in [0.2, 0.25) is 0 Å². The molecule has 2 aliphatic heterocycles. The van der Waals surface area contributed by atoms with Crippen molar-refractivity contribution in [3.8, 4) is 0 Å². The van der Waals surface area contributed by atoms with Crippen molar-refractivity contribution < 1.29 is 27.2 Å². The molecule has 0 radical (unpaired) electrons. The van der Waals surface area contributed by atoms with Crippen LogP contribution in [0.1, 0.15) is 52.5 Å². The van der Waals surface area contributed by atoms with E-state index in [-0.39, 0.29) is 29.4 Å². The Morgan fingerprint density at radius 3 is 2.52 bits per heavy atom. The Labute approximate surface area is 185 Å². The molecule has 172 valence electrons. The van der Waals surface area contributed by atoms with E-state index in [0.717, 1.165) is 24.0 Å². The van der Waals surface area contributed by atoms with Crippen LogP contribution in [0.2, 0.25) is 0 Å². The van der Waals surface area contributed by atoms with E-state index in [4.69, 9.17) is 13.7 Å². The molecule has 2 heterocycles. The molecular formula is C24H34O6S. The van der Waals surface area contributed by atoms with Gasteiger partial charge < -0.3 is 14.6 Å². The van der Waals surface area contributed by atoms with Gasteiger partial charge in [0, 0.05) is 18.9 Å². The fourth-order valence-corrected chi connectivity index (χ4v) is 6.72. The van der Waals surface area contributed by atoms with Crippen LogP contribution in [0.4, 0.5) is 0 Å². The van der Waals surface area contributed by atoms with Crippen molar-refractivity contribution in [2.75, 3.05) is 13.2 Å². The van der Waals surface area contributed by atoms with Gasteiger partial charge in [-0.25, -0.2) is 0 Å². The van der Waals surface area contributed by atoms with Gasteiger partial charge in [-0.1, -0.05) is 37.1 Å². The van der Waals surface area contributed by atoms with Crippen LogP contribution in [0.3, 0.4) is 0 Å². The summed E-state index contributed by atoms with van der Waals surface area (Å²) in [6.45, 7) is 10.3. The molecule has 4 rings (SSSR count). The molecule has 2 fully saturated rings. The van der Waals surface area contributed by atoms with Gasteiger partial charge in [-0.15, -0.1) is 0 Å². The van der Waals surface area contributed by atoms with Gasteiger partial charge in [-0.05, 0) is 57.2 Å². The zero-order valence-corrected chi connectivity index (χ0v) is 19.9. The first-order valence-corrected chi connectivity index (χ1v) is 12.6. The summed E-state index contributed by atoms with van der Waals surface area (Å²) >= 11 is 0. The highest BCUT2D eigenvalue weighted by molar-refractivity contribution is 7.86. The number of ether oxygens (including phenoxy) is 2. The summed E-state index contributed by atoms with van der Waals surface area (Å²) in [6, 6.07) is 6.63. The fourth-order valence-electron chi connectivity index (χ4n) is 5.78. The second-order valence-corrected chi connectivity index (χ2v) is 11.2. The minimum Gasteiger partial charge on any atom is -0.386 e. The number of aliphatic hydroxyl groups is 1. The quantitative estimate of drug-likeness (QED) is 0.503. The van der Waals surface area contributed by atoms with Gasteiger partial charge in [-0.3, -0.25) is 4.18 Å². The van der Waals surface area contributed by atoms with Crippen LogP contribution in [-0.2, 0) is 23.8 Å².